The molecule has 1 N–H and O–H groups in total. The average molecular weight is 442 g/mol. The van der Waals surface area contributed by atoms with E-state index in [2.05, 4.69) is 4.98 Å². The van der Waals surface area contributed by atoms with Crippen LogP contribution in [0.15, 0.2) is 41.4 Å². The van der Waals surface area contributed by atoms with E-state index in [0.717, 1.165) is 11.3 Å². The minimum absolute atomic E-state index is 0.0545. The molecule has 1 aromatic carbocycles. The summed E-state index contributed by atoms with van der Waals surface area (Å²) in [7, 11) is -3.85. The number of likely N-dealkylation sites (tertiary alicyclic amines) is 1. The molecular weight excluding hydrogens is 425 g/mol. The minimum atomic E-state index is -3.85. The number of hydrogen-bond donors (Lipinski definition) is 1. The van der Waals surface area contributed by atoms with Gasteiger partial charge in [0.2, 0.25) is 10.0 Å². The summed E-state index contributed by atoms with van der Waals surface area (Å²) in [5, 5.41) is 9.82. The molecule has 1 aromatic heterocycles. The Kier molecular flexibility index (Phi) is 4.99. The lowest BCUT2D eigenvalue weighted by Gasteiger charge is -2.24. The van der Waals surface area contributed by atoms with Gasteiger partial charge in [-0.3, -0.25) is 4.98 Å². The standard InChI is InChI=1S/C18H17Cl2N3O4S/c19-15-4-3-13(6-16(15)20)28(26,27)23-8-11-2-1-5-21-17(11)14-10-22(18(24)25)7-12(14)9-23/h1-6,12,14H,7-10H2,(H,24,25)/t12?,14-/m1/s1. The van der Waals surface area contributed by atoms with E-state index in [1.165, 1.54) is 27.4 Å². The number of halogens is 2. The van der Waals surface area contributed by atoms with Crippen LogP contribution in [0.4, 0.5) is 4.79 Å². The van der Waals surface area contributed by atoms with Gasteiger partial charge in [-0.2, -0.15) is 4.31 Å². The number of nitrogens with zero attached hydrogens (tertiary/aromatic N) is 3. The van der Waals surface area contributed by atoms with Gasteiger partial charge in [0.15, 0.2) is 0 Å². The molecule has 1 amide bonds. The third kappa shape index (κ3) is 3.34. The number of pyridine rings is 1. The van der Waals surface area contributed by atoms with Gasteiger partial charge in [-0.05, 0) is 29.8 Å². The molecule has 0 bridgehead atoms. The van der Waals surface area contributed by atoms with Crippen LogP contribution in [0.25, 0.3) is 0 Å². The van der Waals surface area contributed by atoms with Crippen molar-refractivity contribution < 1.29 is 18.3 Å². The van der Waals surface area contributed by atoms with Crippen molar-refractivity contribution in [3.8, 4) is 0 Å². The fourth-order valence-corrected chi connectivity index (χ4v) is 5.79. The van der Waals surface area contributed by atoms with Gasteiger partial charge in [-0.25, -0.2) is 13.2 Å². The van der Waals surface area contributed by atoms with Gasteiger partial charge in [-0.1, -0.05) is 29.3 Å². The van der Waals surface area contributed by atoms with Gasteiger partial charge in [0.1, 0.15) is 0 Å². The van der Waals surface area contributed by atoms with Crippen LogP contribution in [-0.2, 0) is 16.6 Å². The number of hydrogen-bond acceptors (Lipinski definition) is 4. The topological polar surface area (TPSA) is 90.8 Å². The summed E-state index contributed by atoms with van der Waals surface area (Å²) < 4.78 is 28.0. The molecule has 1 fully saturated rings. The van der Waals surface area contributed by atoms with Gasteiger partial charge < -0.3 is 10.0 Å². The lowest BCUT2D eigenvalue weighted by molar-refractivity contribution is 0.153. The Bertz CT molecular complexity index is 1050. The molecule has 1 saturated heterocycles. The number of fused-ring (bicyclic) bond motifs is 3. The zero-order valence-corrected chi connectivity index (χ0v) is 17.0. The van der Waals surface area contributed by atoms with Gasteiger partial charge >= 0.3 is 6.09 Å². The molecule has 0 spiro atoms. The average Bonchev–Trinajstić information content (AvgIpc) is 3.01. The Hall–Kier alpha value is -1.87. The van der Waals surface area contributed by atoms with Gasteiger partial charge in [0.05, 0.1) is 20.6 Å². The van der Waals surface area contributed by atoms with Gasteiger partial charge in [0.25, 0.3) is 0 Å². The Morgan fingerprint density at radius 2 is 1.93 bits per heavy atom. The number of benzene rings is 1. The Labute approximate surface area is 172 Å². The van der Waals surface area contributed by atoms with E-state index >= 15 is 0 Å². The molecule has 3 heterocycles. The number of sulfonamides is 1. The predicted molar refractivity (Wildman–Crippen MR) is 104 cm³/mol. The van der Waals surface area contributed by atoms with Crippen LogP contribution in [0.5, 0.6) is 0 Å². The molecular formula is C18H17Cl2N3O4S. The molecule has 28 heavy (non-hydrogen) atoms. The van der Waals surface area contributed by atoms with Gasteiger partial charge in [0, 0.05) is 44.2 Å². The van der Waals surface area contributed by atoms with Crippen molar-refractivity contribution in [3.05, 3.63) is 57.8 Å². The molecule has 0 saturated carbocycles. The summed E-state index contributed by atoms with van der Waals surface area (Å²) in [6, 6.07) is 7.81. The summed E-state index contributed by atoms with van der Waals surface area (Å²) in [5.41, 5.74) is 1.55. The lowest BCUT2D eigenvalue weighted by Crippen LogP contribution is -2.36. The molecule has 10 heteroatoms. The smallest absolute Gasteiger partial charge is 0.407 e. The van der Waals surface area contributed by atoms with E-state index in [4.69, 9.17) is 23.2 Å². The van der Waals surface area contributed by atoms with E-state index < -0.39 is 16.1 Å². The molecule has 2 aliphatic heterocycles. The number of aromatic nitrogens is 1. The fourth-order valence-electron chi connectivity index (χ4n) is 3.93. The first-order chi connectivity index (χ1) is 13.3. The maximum absolute atomic E-state index is 13.3. The maximum Gasteiger partial charge on any atom is 0.407 e. The van der Waals surface area contributed by atoms with Crippen LogP contribution in [-0.4, -0.2) is 53.4 Å². The van der Waals surface area contributed by atoms with Crippen LogP contribution < -0.4 is 0 Å². The fraction of sp³-hybridized carbons (Fsp3) is 0.333. The van der Waals surface area contributed by atoms with Crippen molar-refractivity contribution in [2.45, 2.75) is 17.4 Å². The van der Waals surface area contributed by atoms with Gasteiger partial charge in [-0.15, -0.1) is 0 Å². The second kappa shape index (κ2) is 7.18. The molecule has 148 valence electrons. The number of carboxylic acid groups (broad SMARTS) is 1. The van der Waals surface area contributed by atoms with Crippen LogP contribution in [0.3, 0.4) is 0 Å². The van der Waals surface area contributed by atoms with Crippen molar-refractivity contribution in [3.63, 3.8) is 0 Å². The molecule has 2 aliphatic rings. The largest absolute Gasteiger partial charge is 0.465 e. The minimum Gasteiger partial charge on any atom is -0.465 e. The summed E-state index contributed by atoms with van der Waals surface area (Å²) in [4.78, 5) is 17.3. The Balaban J connectivity index is 1.75. The molecule has 2 atom stereocenters. The van der Waals surface area contributed by atoms with Crippen LogP contribution in [0.2, 0.25) is 10.0 Å². The Morgan fingerprint density at radius 3 is 2.64 bits per heavy atom. The first-order valence-corrected chi connectivity index (χ1v) is 10.8. The molecule has 7 nitrogen and oxygen atoms in total. The number of carbonyl (C=O) groups is 1. The first-order valence-electron chi connectivity index (χ1n) is 8.64. The van der Waals surface area contributed by atoms with Crippen molar-refractivity contribution in [2.75, 3.05) is 19.6 Å². The quantitative estimate of drug-likeness (QED) is 0.771. The molecule has 1 unspecified atom stereocenters. The Morgan fingerprint density at radius 1 is 1.14 bits per heavy atom. The SMILES string of the molecule is O=C(O)N1CC2CN(S(=O)(=O)c3ccc(Cl)c(Cl)c3)Cc3cccnc3[C@@H]2C1. The highest BCUT2D eigenvalue weighted by Gasteiger charge is 2.43. The molecule has 0 aliphatic carbocycles. The van der Waals surface area contributed by atoms with E-state index in [-0.39, 0.29) is 46.4 Å². The zero-order valence-electron chi connectivity index (χ0n) is 14.6. The molecule has 2 aromatic rings. The van der Waals surface area contributed by atoms with Crippen LogP contribution in [0.1, 0.15) is 17.2 Å². The van der Waals surface area contributed by atoms with E-state index in [1.54, 1.807) is 12.3 Å². The number of amides is 1. The highest BCUT2D eigenvalue weighted by atomic mass is 35.5. The highest BCUT2D eigenvalue weighted by molar-refractivity contribution is 7.89. The summed E-state index contributed by atoms with van der Waals surface area (Å²) >= 11 is 11.9. The summed E-state index contributed by atoms with van der Waals surface area (Å²) in [6.07, 6.45) is 0.645. The third-order valence-corrected chi connectivity index (χ3v) is 7.85. The molecule has 0 radical (unpaired) electrons. The van der Waals surface area contributed by atoms with Crippen LogP contribution >= 0.6 is 23.2 Å². The van der Waals surface area contributed by atoms with Crippen molar-refractivity contribution in [2.24, 2.45) is 5.92 Å². The highest BCUT2D eigenvalue weighted by Crippen LogP contribution is 2.39. The summed E-state index contributed by atoms with van der Waals surface area (Å²) in [5.74, 6) is -0.314. The number of rotatable bonds is 2. The molecule has 4 rings (SSSR count). The predicted octanol–water partition coefficient (Wildman–Crippen LogP) is 3.29. The second-order valence-electron chi connectivity index (χ2n) is 6.98. The lowest BCUT2D eigenvalue weighted by atomic mass is 9.91. The first kappa shape index (κ1) is 19.4. The second-order valence-corrected chi connectivity index (χ2v) is 9.73. The zero-order chi connectivity index (χ0) is 20.1. The van der Waals surface area contributed by atoms with Crippen molar-refractivity contribution >= 4 is 39.3 Å². The van der Waals surface area contributed by atoms with E-state index in [0.29, 0.717) is 6.54 Å². The summed E-state index contributed by atoms with van der Waals surface area (Å²) in [6.45, 7) is 0.952. The van der Waals surface area contributed by atoms with Crippen molar-refractivity contribution in [1.82, 2.24) is 14.2 Å². The van der Waals surface area contributed by atoms with Crippen LogP contribution in [0, 0.1) is 5.92 Å². The van der Waals surface area contributed by atoms with Crippen molar-refractivity contribution in [1.29, 1.82) is 0 Å². The van der Waals surface area contributed by atoms with E-state index in [1.807, 2.05) is 6.07 Å². The maximum atomic E-state index is 13.3. The van der Waals surface area contributed by atoms with E-state index in [9.17, 15) is 18.3 Å². The third-order valence-electron chi connectivity index (χ3n) is 5.30. The monoisotopic (exact) mass is 441 g/mol. The normalized spacial score (nSPS) is 22.4.